The molecule has 4 nitrogen and oxygen atoms in total. The summed E-state index contributed by atoms with van der Waals surface area (Å²) in [6.45, 7) is 6.84. The molecule has 32 heavy (non-hydrogen) atoms. The summed E-state index contributed by atoms with van der Waals surface area (Å²) >= 11 is 1.47. The van der Waals surface area contributed by atoms with Crippen molar-refractivity contribution in [2.75, 3.05) is 6.61 Å². The first kappa shape index (κ1) is 23.6. The summed E-state index contributed by atoms with van der Waals surface area (Å²) < 4.78 is 33.2. The number of hydrogen-bond donors (Lipinski definition) is 1. The number of rotatable bonds is 7. The Kier molecular flexibility index (Phi) is 6.79. The summed E-state index contributed by atoms with van der Waals surface area (Å²) in [5.74, 6) is -3.58. The van der Waals surface area contributed by atoms with Crippen LogP contribution in [0, 0.1) is 0 Å². The zero-order chi connectivity index (χ0) is 23.5. The van der Waals surface area contributed by atoms with Gasteiger partial charge in [-0.1, -0.05) is 39.0 Å². The van der Waals surface area contributed by atoms with Gasteiger partial charge in [0.25, 0.3) is 5.92 Å². The van der Waals surface area contributed by atoms with E-state index in [1.165, 1.54) is 17.4 Å². The highest BCUT2D eigenvalue weighted by atomic mass is 32.1. The third-order valence-corrected chi connectivity index (χ3v) is 5.88. The van der Waals surface area contributed by atoms with Gasteiger partial charge in [-0.05, 0) is 54.3 Å². The fourth-order valence-corrected chi connectivity index (χ4v) is 4.08. The average Bonchev–Trinajstić information content (AvgIpc) is 3.22. The van der Waals surface area contributed by atoms with Crippen molar-refractivity contribution in [3.8, 4) is 26.8 Å². The first-order chi connectivity index (χ1) is 15.0. The van der Waals surface area contributed by atoms with Crippen LogP contribution in [0.5, 0.6) is 5.75 Å². The molecule has 0 saturated heterocycles. The summed E-state index contributed by atoms with van der Waals surface area (Å²) in [5, 5.41) is 9.82. The standard InChI is InChI=1S/C25H25F2NO3S/c1-5-12-25(26,27)15-31-20-11-10-18(13-19(20)24(2,3)4)21-14-28-22(32-21)16-6-8-17(9-7-16)23(29)30/h5-14H,15H2,1-4H3,(H,29,30)/b12-5+. The van der Waals surface area contributed by atoms with Gasteiger partial charge in [-0.25, -0.2) is 9.78 Å². The van der Waals surface area contributed by atoms with E-state index >= 15 is 0 Å². The molecule has 0 fully saturated rings. The molecule has 1 heterocycles. The number of aromatic nitrogens is 1. The molecule has 3 aromatic rings. The van der Waals surface area contributed by atoms with Gasteiger partial charge in [0.2, 0.25) is 0 Å². The Morgan fingerprint density at radius 1 is 1.12 bits per heavy atom. The van der Waals surface area contributed by atoms with Gasteiger partial charge in [0.15, 0.2) is 6.61 Å². The number of ether oxygens (including phenoxy) is 1. The zero-order valence-electron chi connectivity index (χ0n) is 18.4. The minimum absolute atomic E-state index is 0.218. The topological polar surface area (TPSA) is 59.4 Å². The molecule has 168 valence electrons. The lowest BCUT2D eigenvalue weighted by Crippen LogP contribution is -2.24. The molecular formula is C25H25F2NO3S. The van der Waals surface area contributed by atoms with Crippen LogP contribution in [-0.2, 0) is 5.41 Å². The Balaban J connectivity index is 1.90. The van der Waals surface area contributed by atoms with E-state index in [2.05, 4.69) is 4.98 Å². The van der Waals surface area contributed by atoms with Crippen LogP contribution in [0.15, 0.2) is 60.8 Å². The predicted molar refractivity (Wildman–Crippen MR) is 124 cm³/mol. The number of aromatic carboxylic acids is 1. The van der Waals surface area contributed by atoms with Crippen molar-refractivity contribution in [1.82, 2.24) is 4.98 Å². The molecule has 0 amide bonds. The summed E-state index contributed by atoms with van der Waals surface area (Å²) in [6, 6.07) is 12.1. The third-order valence-electron chi connectivity index (χ3n) is 4.79. The molecule has 0 bridgehead atoms. The van der Waals surface area contributed by atoms with Crippen LogP contribution < -0.4 is 4.74 Å². The lowest BCUT2D eigenvalue weighted by atomic mass is 9.85. The second-order valence-corrected chi connectivity index (χ2v) is 9.45. The molecule has 3 rings (SSSR count). The van der Waals surface area contributed by atoms with E-state index < -0.39 is 18.5 Å². The molecule has 0 spiro atoms. The summed E-state index contributed by atoms with van der Waals surface area (Å²) in [6.07, 6.45) is 3.90. The van der Waals surface area contributed by atoms with Crippen LogP contribution in [0.1, 0.15) is 43.6 Å². The molecule has 0 atom stereocenters. The van der Waals surface area contributed by atoms with E-state index in [0.717, 1.165) is 32.7 Å². The van der Waals surface area contributed by atoms with Crippen LogP contribution in [-0.4, -0.2) is 28.6 Å². The molecule has 1 N–H and O–H groups in total. The van der Waals surface area contributed by atoms with Gasteiger partial charge in [-0.2, -0.15) is 8.78 Å². The van der Waals surface area contributed by atoms with E-state index in [4.69, 9.17) is 9.84 Å². The van der Waals surface area contributed by atoms with Crippen molar-refractivity contribution in [1.29, 1.82) is 0 Å². The molecule has 0 unspecified atom stereocenters. The second kappa shape index (κ2) is 9.20. The van der Waals surface area contributed by atoms with Crippen LogP contribution in [0.25, 0.3) is 21.0 Å². The van der Waals surface area contributed by atoms with E-state index in [-0.39, 0.29) is 11.0 Å². The maximum atomic E-state index is 13.9. The minimum Gasteiger partial charge on any atom is -0.487 e. The maximum absolute atomic E-state index is 13.9. The van der Waals surface area contributed by atoms with Crippen LogP contribution >= 0.6 is 11.3 Å². The summed E-state index contributed by atoms with van der Waals surface area (Å²) in [5.41, 5.74) is 2.46. The number of alkyl halides is 2. The zero-order valence-corrected chi connectivity index (χ0v) is 19.2. The normalized spacial score (nSPS) is 12.3. The number of thiazole rings is 1. The Labute approximate surface area is 190 Å². The van der Waals surface area contributed by atoms with E-state index in [0.29, 0.717) is 5.75 Å². The minimum atomic E-state index is -3.04. The lowest BCUT2D eigenvalue weighted by Gasteiger charge is -2.24. The molecule has 0 aliphatic rings. The number of carboxylic acids is 1. The molecule has 0 aliphatic carbocycles. The number of carbonyl (C=O) groups is 1. The van der Waals surface area contributed by atoms with E-state index in [1.807, 2.05) is 32.9 Å². The number of benzene rings is 2. The molecule has 0 radical (unpaired) electrons. The van der Waals surface area contributed by atoms with Crippen molar-refractivity contribution in [3.05, 3.63) is 71.9 Å². The summed E-state index contributed by atoms with van der Waals surface area (Å²) in [7, 11) is 0. The highest BCUT2D eigenvalue weighted by Crippen LogP contribution is 2.38. The Hall–Kier alpha value is -3.06. The quantitative estimate of drug-likeness (QED) is 0.386. The maximum Gasteiger partial charge on any atom is 0.335 e. The van der Waals surface area contributed by atoms with Gasteiger partial charge in [0.1, 0.15) is 10.8 Å². The van der Waals surface area contributed by atoms with Gasteiger partial charge in [0.05, 0.1) is 10.4 Å². The van der Waals surface area contributed by atoms with E-state index in [9.17, 15) is 13.6 Å². The molecule has 0 aliphatic heterocycles. The van der Waals surface area contributed by atoms with Gasteiger partial charge in [0, 0.05) is 17.3 Å². The fourth-order valence-electron chi connectivity index (χ4n) is 3.16. The van der Waals surface area contributed by atoms with Gasteiger partial charge >= 0.3 is 5.97 Å². The van der Waals surface area contributed by atoms with E-state index in [1.54, 1.807) is 43.5 Å². The monoisotopic (exact) mass is 457 g/mol. The average molecular weight is 458 g/mol. The van der Waals surface area contributed by atoms with Gasteiger partial charge < -0.3 is 9.84 Å². The third kappa shape index (κ3) is 5.59. The van der Waals surface area contributed by atoms with Crippen molar-refractivity contribution in [3.63, 3.8) is 0 Å². The second-order valence-electron chi connectivity index (χ2n) is 8.42. The Bertz CT molecular complexity index is 1130. The fraction of sp³-hybridized carbons (Fsp3) is 0.280. The molecular weight excluding hydrogens is 432 g/mol. The van der Waals surface area contributed by atoms with Crippen molar-refractivity contribution in [2.24, 2.45) is 0 Å². The van der Waals surface area contributed by atoms with Crippen molar-refractivity contribution in [2.45, 2.75) is 39.0 Å². The smallest absolute Gasteiger partial charge is 0.335 e. The summed E-state index contributed by atoms with van der Waals surface area (Å²) in [4.78, 5) is 16.4. The van der Waals surface area contributed by atoms with Crippen molar-refractivity contribution < 1.29 is 23.4 Å². The number of halogens is 2. The Morgan fingerprint density at radius 2 is 1.78 bits per heavy atom. The number of carboxylic acid groups (broad SMARTS) is 1. The SMILES string of the molecule is C/C=C/C(F)(F)COc1ccc(-c2cnc(-c3ccc(C(=O)O)cc3)s2)cc1C(C)(C)C. The Morgan fingerprint density at radius 3 is 2.38 bits per heavy atom. The number of nitrogens with zero attached hydrogens (tertiary/aromatic N) is 1. The first-order valence-corrected chi connectivity index (χ1v) is 10.9. The molecule has 7 heteroatoms. The molecule has 2 aromatic carbocycles. The molecule has 0 saturated carbocycles. The number of hydrogen-bond acceptors (Lipinski definition) is 4. The van der Waals surface area contributed by atoms with Gasteiger partial charge in [-0.3, -0.25) is 0 Å². The van der Waals surface area contributed by atoms with Crippen molar-refractivity contribution >= 4 is 17.3 Å². The molecule has 1 aromatic heterocycles. The van der Waals surface area contributed by atoms with Gasteiger partial charge in [-0.15, -0.1) is 11.3 Å². The highest BCUT2D eigenvalue weighted by Gasteiger charge is 2.28. The predicted octanol–water partition coefficient (Wildman–Crippen LogP) is 7.06. The van der Waals surface area contributed by atoms with Crippen LogP contribution in [0.3, 0.4) is 0 Å². The lowest BCUT2D eigenvalue weighted by molar-refractivity contribution is 0.00446. The number of allylic oxidation sites excluding steroid dienone is 1. The first-order valence-electron chi connectivity index (χ1n) is 10.1. The van der Waals surface area contributed by atoms with Crippen LogP contribution in [0.2, 0.25) is 0 Å². The van der Waals surface area contributed by atoms with Crippen LogP contribution in [0.4, 0.5) is 8.78 Å². The highest BCUT2D eigenvalue weighted by molar-refractivity contribution is 7.18. The largest absolute Gasteiger partial charge is 0.487 e.